The molecule has 2 heterocycles. The molecule has 0 amide bonds. The van der Waals surface area contributed by atoms with E-state index in [1.54, 1.807) is 0 Å². The van der Waals surface area contributed by atoms with E-state index >= 15 is 0 Å². The van der Waals surface area contributed by atoms with Crippen molar-refractivity contribution < 1.29 is 4.42 Å². The van der Waals surface area contributed by atoms with Crippen LogP contribution < -0.4 is 10.2 Å². The molecule has 100 valence electrons. The molecule has 1 saturated carbocycles. The molecule has 0 aromatic carbocycles. The third kappa shape index (κ3) is 2.00. The third-order valence-corrected chi connectivity index (χ3v) is 4.47. The van der Waals surface area contributed by atoms with Crippen LogP contribution in [0.4, 0.5) is 6.01 Å². The summed E-state index contributed by atoms with van der Waals surface area (Å²) in [5.41, 5.74) is 0. The molecule has 18 heavy (non-hydrogen) atoms. The van der Waals surface area contributed by atoms with Crippen molar-refractivity contribution in [2.24, 2.45) is 5.92 Å². The lowest BCUT2D eigenvalue weighted by Gasteiger charge is -2.36. The van der Waals surface area contributed by atoms with Crippen molar-refractivity contribution in [3.63, 3.8) is 0 Å². The van der Waals surface area contributed by atoms with Gasteiger partial charge in [0.25, 0.3) is 0 Å². The summed E-state index contributed by atoms with van der Waals surface area (Å²) in [6.07, 6.45) is 6.62. The van der Waals surface area contributed by atoms with Crippen LogP contribution in [0.2, 0.25) is 0 Å². The van der Waals surface area contributed by atoms with Crippen LogP contribution >= 0.6 is 0 Å². The van der Waals surface area contributed by atoms with Gasteiger partial charge >= 0.3 is 6.01 Å². The molecule has 1 saturated heterocycles. The number of fused-ring (bicyclic) bond motifs is 1. The van der Waals surface area contributed by atoms with Crippen molar-refractivity contribution in [3.05, 3.63) is 5.89 Å². The van der Waals surface area contributed by atoms with Crippen LogP contribution in [0.1, 0.15) is 51.0 Å². The standard InChI is InChI=1S/C13H22N4O/c1-9(14-2)12-15-16-13(18-12)17-8-4-6-10-5-3-7-11(10)17/h9-11,14H,3-8H2,1-2H3. The van der Waals surface area contributed by atoms with Gasteiger partial charge in [-0.1, -0.05) is 11.5 Å². The van der Waals surface area contributed by atoms with Gasteiger partial charge in [-0.15, -0.1) is 5.10 Å². The van der Waals surface area contributed by atoms with Gasteiger partial charge in [0.15, 0.2) is 0 Å². The molecular weight excluding hydrogens is 228 g/mol. The highest BCUT2D eigenvalue weighted by atomic mass is 16.4. The molecule has 3 atom stereocenters. The fourth-order valence-electron chi connectivity index (χ4n) is 3.33. The highest BCUT2D eigenvalue weighted by Crippen LogP contribution is 2.38. The summed E-state index contributed by atoms with van der Waals surface area (Å²) in [4.78, 5) is 2.35. The predicted molar refractivity (Wildman–Crippen MR) is 69.5 cm³/mol. The number of hydrogen-bond donors (Lipinski definition) is 1. The number of piperidine rings is 1. The number of nitrogens with one attached hydrogen (secondary N) is 1. The summed E-state index contributed by atoms with van der Waals surface area (Å²) in [7, 11) is 1.91. The monoisotopic (exact) mass is 250 g/mol. The molecule has 1 aromatic heterocycles. The largest absolute Gasteiger partial charge is 0.406 e. The van der Waals surface area contributed by atoms with E-state index in [9.17, 15) is 0 Å². The van der Waals surface area contributed by atoms with Crippen molar-refractivity contribution in [2.75, 3.05) is 18.5 Å². The second-order valence-corrected chi connectivity index (χ2v) is 5.53. The van der Waals surface area contributed by atoms with Crippen molar-refractivity contribution in [3.8, 4) is 0 Å². The molecule has 5 nitrogen and oxygen atoms in total. The minimum absolute atomic E-state index is 0.121. The average molecular weight is 250 g/mol. The van der Waals surface area contributed by atoms with E-state index in [0.717, 1.165) is 18.5 Å². The van der Waals surface area contributed by atoms with E-state index in [4.69, 9.17) is 4.42 Å². The maximum absolute atomic E-state index is 5.83. The predicted octanol–water partition coefficient (Wildman–Crippen LogP) is 2.12. The van der Waals surface area contributed by atoms with E-state index in [-0.39, 0.29) is 6.04 Å². The molecule has 0 spiro atoms. The SMILES string of the molecule is CNC(C)c1nnc(N2CCCC3CCCC32)o1. The molecule has 3 unspecified atom stereocenters. The molecule has 1 N–H and O–H groups in total. The minimum Gasteiger partial charge on any atom is -0.406 e. The fraction of sp³-hybridized carbons (Fsp3) is 0.846. The molecule has 0 bridgehead atoms. The van der Waals surface area contributed by atoms with Gasteiger partial charge in [0.05, 0.1) is 6.04 Å². The fourth-order valence-corrected chi connectivity index (χ4v) is 3.33. The van der Waals surface area contributed by atoms with E-state index in [1.807, 2.05) is 14.0 Å². The Morgan fingerprint density at radius 2 is 2.11 bits per heavy atom. The second kappa shape index (κ2) is 4.88. The lowest BCUT2D eigenvalue weighted by atomic mass is 9.92. The molecule has 2 fully saturated rings. The second-order valence-electron chi connectivity index (χ2n) is 5.53. The Balaban J connectivity index is 1.79. The average Bonchev–Trinajstić information content (AvgIpc) is 3.05. The highest BCUT2D eigenvalue weighted by molar-refractivity contribution is 5.29. The summed E-state index contributed by atoms with van der Waals surface area (Å²) in [6.45, 7) is 3.10. The first-order valence-electron chi connectivity index (χ1n) is 7.07. The van der Waals surface area contributed by atoms with Crippen LogP contribution in [0.3, 0.4) is 0 Å². The van der Waals surface area contributed by atoms with Crippen LogP contribution in [0, 0.1) is 5.92 Å². The van der Waals surface area contributed by atoms with Gasteiger partial charge in [-0.3, -0.25) is 0 Å². The van der Waals surface area contributed by atoms with Crippen LogP contribution in [0.15, 0.2) is 4.42 Å². The van der Waals surface area contributed by atoms with Crippen molar-refractivity contribution in [2.45, 2.75) is 51.1 Å². The van der Waals surface area contributed by atoms with Gasteiger partial charge < -0.3 is 14.6 Å². The summed E-state index contributed by atoms with van der Waals surface area (Å²) in [5.74, 6) is 1.53. The number of aromatic nitrogens is 2. The minimum atomic E-state index is 0.121. The maximum Gasteiger partial charge on any atom is 0.318 e. The van der Waals surface area contributed by atoms with Gasteiger partial charge in [-0.05, 0) is 45.6 Å². The van der Waals surface area contributed by atoms with Crippen LogP contribution in [-0.2, 0) is 0 Å². The lowest BCUT2D eigenvalue weighted by Crippen LogP contribution is -2.42. The first-order valence-corrected chi connectivity index (χ1v) is 7.07. The molecule has 1 aromatic rings. The van der Waals surface area contributed by atoms with E-state index in [2.05, 4.69) is 20.4 Å². The first-order chi connectivity index (χ1) is 8.79. The molecule has 3 rings (SSSR count). The number of nitrogens with zero attached hydrogens (tertiary/aromatic N) is 3. The van der Waals surface area contributed by atoms with Crippen molar-refractivity contribution in [1.82, 2.24) is 15.5 Å². The molecular formula is C13H22N4O. The number of anilines is 1. The molecule has 5 heteroatoms. The summed E-state index contributed by atoms with van der Waals surface area (Å²) in [6, 6.07) is 1.48. The van der Waals surface area contributed by atoms with E-state index in [0.29, 0.717) is 11.9 Å². The molecule has 1 aliphatic heterocycles. The summed E-state index contributed by atoms with van der Waals surface area (Å²) in [5, 5.41) is 11.5. The zero-order valence-electron chi connectivity index (χ0n) is 11.2. The van der Waals surface area contributed by atoms with Crippen LogP contribution in [0.5, 0.6) is 0 Å². The number of hydrogen-bond acceptors (Lipinski definition) is 5. The van der Waals surface area contributed by atoms with Crippen molar-refractivity contribution in [1.29, 1.82) is 0 Å². The highest BCUT2D eigenvalue weighted by Gasteiger charge is 2.37. The summed E-state index contributed by atoms with van der Waals surface area (Å²) >= 11 is 0. The first kappa shape index (κ1) is 12.0. The van der Waals surface area contributed by atoms with Crippen LogP contribution in [0.25, 0.3) is 0 Å². The van der Waals surface area contributed by atoms with Gasteiger partial charge in [0, 0.05) is 12.6 Å². The third-order valence-electron chi connectivity index (χ3n) is 4.47. The smallest absolute Gasteiger partial charge is 0.318 e. The van der Waals surface area contributed by atoms with Gasteiger partial charge in [0.2, 0.25) is 5.89 Å². The Labute approximate surface area is 108 Å². The molecule has 0 radical (unpaired) electrons. The molecule has 1 aliphatic carbocycles. The topological polar surface area (TPSA) is 54.2 Å². The molecule has 2 aliphatic rings. The quantitative estimate of drug-likeness (QED) is 0.890. The lowest BCUT2D eigenvalue weighted by molar-refractivity contribution is 0.335. The van der Waals surface area contributed by atoms with Gasteiger partial charge in [0.1, 0.15) is 0 Å². The van der Waals surface area contributed by atoms with Crippen molar-refractivity contribution >= 4 is 6.01 Å². The number of rotatable bonds is 3. The Morgan fingerprint density at radius 1 is 1.28 bits per heavy atom. The maximum atomic E-state index is 5.83. The zero-order chi connectivity index (χ0) is 12.5. The summed E-state index contributed by atoms with van der Waals surface area (Å²) < 4.78 is 5.83. The van der Waals surface area contributed by atoms with Gasteiger partial charge in [-0.2, -0.15) is 0 Å². The Hall–Kier alpha value is -1.10. The van der Waals surface area contributed by atoms with Gasteiger partial charge in [-0.25, -0.2) is 0 Å². The van der Waals surface area contributed by atoms with E-state index < -0.39 is 0 Å². The Bertz CT molecular complexity index is 405. The normalized spacial score (nSPS) is 29.3. The Kier molecular flexibility index (Phi) is 3.24. The van der Waals surface area contributed by atoms with Crippen LogP contribution in [-0.4, -0.2) is 29.8 Å². The Morgan fingerprint density at radius 3 is 2.94 bits per heavy atom. The zero-order valence-corrected chi connectivity index (χ0v) is 11.2. The van der Waals surface area contributed by atoms with E-state index in [1.165, 1.54) is 32.1 Å².